The quantitative estimate of drug-likeness (QED) is 0.556. The molecule has 3 aliphatic rings. The van der Waals surface area contributed by atoms with Crippen molar-refractivity contribution in [2.75, 3.05) is 39.4 Å². The van der Waals surface area contributed by atoms with Crippen molar-refractivity contribution in [1.29, 1.82) is 0 Å². The Hall–Kier alpha value is -2.75. The summed E-state index contributed by atoms with van der Waals surface area (Å²) < 4.78 is 5.46. The zero-order valence-corrected chi connectivity index (χ0v) is 20.8. The van der Waals surface area contributed by atoms with E-state index in [4.69, 9.17) is 9.72 Å². The van der Waals surface area contributed by atoms with Crippen molar-refractivity contribution in [3.05, 3.63) is 41.0 Å². The average molecular weight is 493 g/mol. The third-order valence-electron chi connectivity index (χ3n) is 7.30. The van der Waals surface area contributed by atoms with Gasteiger partial charge < -0.3 is 19.9 Å². The van der Waals surface area contributed by atoms with E-state index in [-0.39, 0.29) is 6.03 Å². The number of morpholine rings is 1. The Morgan fingerprint density at radius 1 is 1.20 bits per heavy atom. The summed E-state index contributed by atoms with van der Waals surface area (Å²) in [4.78, 5) is 32.4. The van der Waals surface area contributed by atoms with Gasteiger partial charge in [-0.1, -0.05) is 18.9 Å². The topological polar surface area (TPSA) is 86.4 Å². The molecule has 3 aromatic heterocycles. The van der Waals surface area contributed by atoms with Crippen molar-refractivity contribution < 1.29 is 9.53 Å². The number of carbonyl (C=O) groups excluding carboxylic acids is 1. The SMILES string of the molecule is O=C(NC1CCCC1)N1CC=C(c2c[nH]c3ncc(-c4ccc(CN5CCOCC5)s4)nc23)CC1. The van der Waals surface area contributed by atoms with Crippen LogP contribution in [0.25, 0.3) is 27.3 Å². The largest absolute Gasteiger partial charge is 0.379 e. The number of rotatable bonds is 5. The summed E-state index contributed by atoms with van der Waals surface area (Å²) in [6, 6.07) is 4.78. The number of H-pyrrole nitrogens is 1. The van der Waals surface area contributed by atoms with Crippen LogP contribution >= 0.6 is 11.3 Å². The van der Waals surface area contributed by atoms with E-state index in [1.807, 2.05) is 17.3 Å². The van der Waals surface area contributed by atoms with E-state index in [0.29, 0.717) is 12.6 Å². The molecule has 0 bridgehead atoms. The minimum Gasteiger partial charge on any atom is -0.379 e. The number of nitrogens with one attached hydrogen (secondary N) is 2. The Bertz CT molecular complexity index is 1220. The van der Waals surface area contributed by atoms with E-state index in [0.717, 1.165) is 86.0 Å². The first-order valence-corrected chi connectivity index (χ1v) is 13.5. The number of hydrogen-bond donors (Lipinski definition) is 2. The van der Waals surface area contributed by atoms with Gasteiger partial charge in [-0.15, -0.1) is 11.3 Å². The molecule has 9 heteroatoms. The summed E-state index contributed by atoms with van der Waals surface area (Å²) in [5.41, 5.74) is 4.93. The van der Waals surface area contributed by atoms with Gasteiger partial charge in [0.2, 0.25) is 0 Å². The maximum Gasteiger partial charge on any atom is 0.317 e. The van der Waals surface area contributed by atoms with Gasteiger partial charge in [0, 0.05) is 55.4 Å². The van der Waals surface area contributed by atoms with Gasteiger partial charge in [-0.2, -0.15) is 0 Å². The molecular formula is C26H32N6O2S. The Morgan fingerprint density at radius 3 is 2.86 bits per heavy atom. The Morgan fingerprint density at radius 2 is 2.06 bits per heavy atom. The van der Waals surface area contributed by atoms with Crippen LogP contribution < -0.4 is 5.32 Å². The van der Waals surface area contributed by atoms with Crippen molar-refractivity contribution >= 4 is 34.1 Å². The minimum atomic E-state index is 0.0683. The normalized spacial score (nSPS) is 19.9. The number of ether oxygens (including phenoxy) is 1. The van der Waals surface area contributed by atoms with Crippen LogP contribution in [0.4, 0.5) is 4.79 Å². The third kappa shape index (κ3) is 4.98. The maximum absolute atomic E-state index is 12.6. The second-order valence-corrected chi connectivity index (χ2v) is 10.8. The molecule has 2 N–H and O–H groups in total. The molecule has 0 radical (unpaired) electrons. The highest BCUT2D eigenvalue weighted by atomic mass is 32.1. The van der Waals surface area contributed by atoms with Gasteiger partial charge in [-0.05, 0) is 37.0 Å². The van der Waals surface area contributed by atoms with Crippen LogP contribution in [-0.4, -0.2) is 76.2 Å². The Labute approximate surface area is 209 Å². The molecule has 184 valence electrons. The number of amides is 2. The first kappa shape index (κ1) is 22.7. The summed E-state index contributed by atoms with van der Waals surface area (Å²) in [5, 5.41) is 3.20. The number of aromatic amines is 1. The van der Waals surface area contributed by atoms with Crippen LogP contribution in [0.5, 0.6) is 0 Å². The monoisotopic (exact) mass is 492 g/mol. The standard InChI is InChI=1S/C26H32N6O2S/c33-26(29-19-3-1-2-4-19)32-9-7-18(8-10-32)21-15-27-25-24(21)30-22(16-28-25)23-6-5-20(35-23)17-31-11-13-34-14-12-31/h5-7,15-16,19H,1-4,8-14,17H2,(H,27,28)(H,29,33). The van der Waals surface area contributed by atoms with Crippen molar-refractivity contribution in [2.24, 2.45) is 0 Å². The first-order valence-electron chi connectivity index (χ1n) is 12.7. The molecule has 2 amide bonds. The van der Waals surface area contributed by atoms with E-state index >= 15 is 0 Å². The molecule has 0 atom stereocenters. The predicted octanol–water partition coefficient (Wildman–Crippen LogP) is 4.26. The molecule has 1 aliphatic carbocycles. The number of fused-ring (bicyclic) bond motifs is 1. The fraction of sp³-hybridized carbons (Fsp3) is 0.500. The number of thiophene rings is 1. The molecular weight excluding hydrogens is 460 g/mol. The van der Waals surface area contributed by atoms with Crippen molar-refractivity contribution in [1.82, 2.24) is 30.1 Å². The third-order valence-corrected chi connectivity index (χ3v) is 8.40. The zero-order chi connectivity index (χ0) is 23.6. The fourth-order valence-corrected chi connectivity index (χ4v) is 6.27. The number of carbonyl (C=O) groups is 1. The maximum atomic E-state index is 12.6. The summed E-state index contributed by atoms with van der Waals surface area (Å²) in [5.74, 6) is 0. The summed E-state index contributed by atoms with van der Waals surface area (Å²) >= 11 is 1.79. The van der Waals surface area contributed by atoms with Crippen LogP contribution in [0.15, 0.2) is 30.6 Å². The van der Waals surface area contributed by atoms with Crippen molar-refractivity contribution in [3.63, 3.8) is 0 Å². The number of hydrogen-bond acceptors (Lipinski definition) is 6. The number of urea groups is 1. The van der Waals surface area contributed by atoms with Crippen LogP contribution in [-0.2, 0) is 11.3 Å². The summed E-state index contributed by atoms with van der Waals surface area (Å²) in [7, 11) is 0. The van der Waals surface area contributed by atoms with Gasteiger partial charge in [0.15, 0.2) is 5.65 Å². The van der Waals surface area contributed by atoms with Gasteiger partial charge in [0.05, 0.1) is 30.0 Å². The highest BCUT2D eigenvalue weighted by Gasteiger charge is 2.24. The molecule has 0 spiro atoms. The van der Waals surface area contributed by atoms with Gasteiger partial charge in [-0.25, -0.2) is 14.8 Å². The zero-order valence-electron chi connectivity index (χ0n) is 20.0. The minimum absolute atomic E-state index is 0.0683. The fourth-order valence-electron chi connectivity index (χ4n) is 5.27. The van der Waals surface area contributed by atoms with Gasteiger partial charge >= 0.3 is 6.03 Å². The lowest BCUT2D eigenvalue weighted by Gasteiger charge is -2.28. The molecule has 2 aliphatic heterocycles. The molecule has 3 aromatic rings. The Balaban J connectivity index is 1.16. The molecule has 6 rings (SSSR count). The second-order valence-electron chi connectivity index (χ2n) is 9.67. The molecule has 1 saturated heterocycles. The van der Waals surface area contributed by atoms with Gasteiger partial charge in [-0.3, -0.25) is 4.90 Å². The molecule has 5 heterocycles. The van der Waals surface area contributed by atoms with Crippen LogP contribution in [0.2, 0.25) is 0 Å². The van der Waals surface area contributed by atoms with Crippen LogP contribution in [0, 0.1) is 0 Å². The van der Waals surface area contributed by atoms with Gasteiger partial charge in [0.25, 0.3) is 0 Å². The number of aromatic nitrogens is 3. The smallest absolute Gasteiger partial charge is 0.317 e. The Kier molecular flexibility index (Phi) is 6.54. The van der Waals surface area contributed by atoms with E-state index in [9.17, 15) is 4.79 Å². The van der Waals surface area contributed by atoms with Crippen molar-refractivity contribution in [3.8, 4) is 10.6 Å². The van der Waals surface area contributed by atoms with Crippen molar-refractivity contribution in [2.45, 2.75) is 44.7 Å². The van der Waals surface area contributed by atoms with E-state index in [2.05, 4.69) is 38.4 Å². The molecule has 1 saturated carbocycles. The lowest BCUT2D eigenvalue weighted by Crippen LogP contribution is -2.45. The lowest BCUT2D eigenvalue weighted by atomic mass is 10.0. The van der Waals surface area contributed by atoms with E-state index in [1.165, 1.54) is 23.3 Å². The average Bonchev–Trinajstić information content (AvgIpc) is 3.66. The molecule has 2 fully saturated rings. The highest BCUT2D eigenvalue weighted by Crippen LogP contribution is 2.32. The first-order chi connectivity index (χ1) is 17.2. The predicted molar refractivity (Wildman–Crippen MR) is 138 cm³/mol. The number of nitrogens with zero attached hydrogens (tertiary/aromatic N) is 4. The molecule has 35 heavy (non-hydrogen) atoms. The lowest BCUT2D eigenvalue weighted by molar-refractivity contribution is 0.0346. The highest BCUT2D eigenvalue weighted by molar-refractivity contribution is 7.15. The van der Waals surface area contributed by atoms with E-state index in [1.54, 1.807) is 11.3 Å². The second kappa shape index (κ2) is 10.1. The van der Waals surface area contributed by atoms with Crippen LogP contribution in [0.3, 0.4) is 0 Å². The summed E-state index contributed by atoms with van der Waals surface area (Å²) in [6.07, 6.45) is 11.5. The van der Waals surface area contributed by atoms with Crippen LogP contribution in [0.1, 0.15) is 42.5 Å². The summed E-state index contributed by atoms with van der Waals surface area (Å²) in [6.45, 7) is 5.91. The molecule has 0 aromatic carbocycles. The molecule has 8 nitrogen and oxygen atoms in total. The van der Waals surface area contributed by atoms with E-state index < -0.39 is 0 Å². The van der Waals surface area contributed by atoms with Gasteiger partial charge in [0.1, 0.15) is 5.52 Å². The molecule has 0 unspecified atom stereocenters.